The van der Waals surface area contributed by atoms with Gasteiger partial charge in [0.25, 0.3) is 0 Å². The van der Waals surface area contributed by atoms with E-state index in [0.29, 0.717) is 0 Å². The summed E-state index contributed by atoms with van der Waals surface area (Å²) in [5, 5.41) is 3.10. The average molecular weight is 225 g/mol. The van der Waals surface area contributed by atoms with Gasteiger partial charge < -0.3 is 0 Å². The van der Waals surface area contributed by atoms with Crippen molar-refractivity contribution in [2.45, 2.75) is 13.8 Å². The van der Waals surface area contributed by atoms with Crippen LogP contribution in [0.1, 0.15) is 22.8 Å². The quantitative estimate of drug-likeness (QED) is 0.868. The van der Waals surface area contributed by atoms with Gasteiger partial charge in [0.05, 0.1) is 24.5 Å². The molecule has 3 nitrogen and oxygen atoms in total. The van der Waals surface area contributed by atoms with Crippen LogP contribution in [0.3, 0.4) is 0 Å². The molecule has 0 unspecified atom stereocenters. The molecular formula is C14H15N3. The Morgan fingerprint density at radius 3 is 1.71 bits per heavy atom. The molecule has 2 aromatic heterocycles. The van der Waals surface area contributed by atoms with Crippen LogP contribution in [0.15, 0.2) is 36.4 Å². The molecule has 0 aliphatic heterocycles. The second kappa shape index (κ2) is 5.55. The van der Waals surface area contributed by atoms with Crippen molar-refractivity contribution in [3.63, 3.8) is 0 Å². The fraction of sp³-hybridized carbons (Fsp3) is 0.143. The van der Waals surface area contributed by atoms with Gasteiger partial charge in [-0.2, -0.15) is 0 Å². The molecule has 2 rings (SSSR count). The Labute approximate surface area is 102 Å². The van der Waals surface area contributed by atoms with Gasteiger partial charge in [-0.15, -0.1) is 0 Å². The SMILES string of the molecule is Cc1cccc([CH]N[CH]c2cccc(C)n2)n1. The van der Waals surface area contributed by atoms with Crippen molar-refractivity contribution in [1.29, 1.82) is 0 Å². The predicted octanol–water partition coefficient (Wildman–Crippen LogP) is 2.40. The molecule has 0 aliphatic carbocycles. The molecule has 1 N–H and O–H groups in total. The molecular weight excluding hydrogens is 210 g/mol. The molecule has 86 valence electrons. The Kier molecular flexibility index (Phi) is 3.83. The van der Waals surface area contributed by atoms with Crippen LogP contribution in [-0.2, 0) is 0 Å². The second-order valence-electron chi connectivity index (χ2n) is 3.86. The molecule has 0 aliphatic rings. The summed E-state index contributed by atoms with van der Waals surface area (Å²) >= 11 is 0. The monoisotopic (exact) mass is 225 g/mol. The molecule has 3 heteroatoms. The number of rotatable bonds is 4. The van der Waals surface area contributed by atoms with E-state index in [1.165, 1.54) is 0 Å². The zero-order valence-electron chi connectivity index (χ0n) is 10.0. The first-order valence-corrected chi connectivity index (χ1v) is 5.54. The zero-order chi connectivity index (χ0) is 12.1. The molecule has 0 fully saturated rings. The summed E-state index contributed by atoms with van der Waals surface area (Å²) in [4.78, 5) is 8.73. The van der Waals surface area contributed by atoms with Gasteiger partial charge in [-0.25, -0.2) is 0 Å². The Morgan fingerprint density at radius 1 is 0.824 bits per heavy atom. The van der Waals surface area contributed by atoms with E-state index in [1.807, 2.05) is 63.3 Å². The summed E-state index contributed by atoms with van der Waals surface area (Å²) in [5.41, 5.74) is 3.84. The first-order chi connectivity index (χ1) is 8.24. The molecule has 2 aromatic rings. The minimum absolute atomic E-state index is 0.911. The average Bonchev–Trinajstić information content (AvgIpc) is 2.29. The summed E-state index contributed by atoms with van der Waals surface area (Å²) < 4.78 is 0. The van der Waals surface area contributed by atoms with Gasteiger partial charge in [-0.05, 0) is 38.1 Å². The lowest BCUT2D eigenvalue weighted by Gasteiger charge is -2.04. The Bertz CT molecular complexity index is 449. The zero-order valence-corrected chi connectivity index (χ0v) is 10.0. The van der Waals surface area contributed by atoms with E-state index < -0.39 is 0 Å². The third kappa shape index (κ3) is 3.64. The van der Waals surface area contributed by atoms with E-state index in [1.54, 1.807) is 0 Å². The largest absolute Gasteiger partial charge is 0.297 e. The van der Waals surface area contributed by atoms with Crippen molar-refractivity contribution in [2.24, 2.45) is 0 Å². The minimum atomic E-state index is 0.911. The van der Waals surface area contributed by atoms with Crippen LogP contribution in [0.2, 0.25) is 0 Å². The molecule has 2 radical (unpaired) electrons. The molecule has 17 heavy (non-hydrogen) atoms. The highest BCUT2D eigenvalue weighted by molar-refractivity contribution is 5.20. The summed E-state index contributed by atoms with van der Waals surface area (Å²) in [6.07, 6.45) is 0. The maximum Gasteiger partial charge on any atom is 0.0714 e. The lowest BCUT2D eigenvalue weighted by atomic mass is 10.3. The van der Waals surface area contributed by atoms with Crippen LogP contribution in [0.5, 0.6) is 0 Å². The fourth-order valence-electron chi connectivity index (χ4n) is 1.50. The summed E-state index contributed by atoms with van der Waals surface area (Å²) in [6, 6.07) is 11.8. The van der Waals surface area contributed by atoms with E-state index in [-0.39, 0.29) is 0 Å². The number of nitrogens with one attached hydrogen (secondary N) is 1. The lowest BCUT2D eigenvalue weighted by molar-refractivity contribution is 0.934. The molecule has 0 amide bonds. The van der Waals surface area contributed by atoms with Gasteiger partial charge in [0.2, 0.25) is 0 Å². The first-order valence-electron chi connectivity index (χ1n) is 5.54. The highest BCUT2D eigenvalue weighted by Crippen LogP contribution is 2.02. The number of hydrogen-bond donors (Lipinski definition) is 1. The highest BCUT2D eigenvalue weighted by Gasteiger charge is 1.98. The van der Waals surface area contributed by atoms with E-state index in [4.69, 9.17) is 0 Å². The maximum absolute atomic E-state index is 4.36. The van der Waals surface area contributed by atoms with Crippen molar-refractivity contribution in [3.05, 3.63) is 72.3 Å². The van der Waals surface area contributed by atoms with Crippen molar-refractivity contribution < 1.29 is 0 Å². The molecule has 0 saturated carbocycles. The lowest BCUT2D eigenvalue weighted by Crippen LogP contribution is -2.10. The van der Waals surface area contributed by atoms with Crippen LogP contribution in [0, 0.1) is 26.9 Å². The van der Waals surface area contributed by atoms with Gasteiger partial charge >= 0.3 is 0 Å². The molecule has 2 heterocycles. The maximum atomic E-state index is 4.36. The minimum Gasteiger partial charge on any atom is -0.297 e. The number of aryl methyl sites for hydroxylation is 2. The van der Waals surface area contributed by atoms with Gasteiger partial charge in [-0.1, -0.05) is 12.1 Å². The fourth-order valence-corrected chi connectivity index (χ4v) is 1.50. The smallest absolute Gasteiger partial charge is 0.0714 e. The number of nitrogens with zero attached hydrogens (tertiary/aromatic N) is 2. The van der Waals surface area contributed by atoms with Gasteiger partial charge in [-0.3, -0.25) is 15.3 Å². The Morgan fingerprint density at radius 2 is 1.29 bits per heavy atom. The van der Waals surface area contributed by atoms with Gasteiger partial charge in [0.1, 0.15) is 0 Å². The van der Waals surface area contributed by atoms with Crippen LogP contribution < -0.4 is 5.32 Å². The van der Waals surface area contributed by atoms with Crippen LogP contribution in [-0.4, -0.2) is 9.97 Å². The molecule has 0 spiro atoms. The van der Waals surface area contributed by atoms with E-state index >= 15 is 0 Å². The van der Waals surface area contributed by atoms with E-state index in [0.717, 1.165) is 22.8 Å². The van der Waals surface area contributed by atoms with Crippen LogP contribution in [0.4, 0.5) is 0 Å². The molecule has 0 aromatic carbocycles. The predicted molar refractivity (Wildman–Crippen MR) is 67.9 cm³/mol. The van der Waals surface area contributed by atoms with Gasteiger partial charge in [0.15, 0.2) is 0 Å². The molecule has 0 atom stereocenters. The van der Waals surface area contributed by atoms with Gasteiger partial charge in [0, 0.05) is 11.4 Å². The van der Waals surface area contributed by atoms with Crippen molar-refractivity contribution in [2.75, 3.05) is 0 Å². The third-order valence-electron chi connectivity index (χ3n) is 2.28. The van der Waals surface area contributed by atoms with Crippen molar-refractivity contribution in [3.8, 4) is 0 Å². The van der Waals surface area contributed by atoms with E-state index in [2.05, 4.69) is 15.3 Å². The summed E-state index contributed by atoms with van der Waals surface area (Å²) in [6.45, 7) is 7.67. The van der Waals surface area contributed by atoms with Crippen molar-refractivity contribution >= 4 is 0 Å². The molecule has 0 bridgehead atoms. The summed E-state index contributed by atoms with van der Waals surface area (Å²) in [5.74, 6) is 0. The second-order valence-corrected chi connectivity index (χ2v) is 3.86. The Hall–Kier alpha value is -1.74. The standard InChI is InChI=1S/C14H15N3/c1-11-5-3-7-13(16-11)9-15-10-14-8-4-6-12(2)17-14/h3-10,15H,1-2H3. The van der Waals surface area contributed by atoms with E-state index in [9.17, 15) is 0 Å². The Balaban J connectivity index is 1.87. The van der Waals surface area contributed by atoms with Crippen LogP contribution >= 0.6 is 0 Å². The highest BCUT2D eigenvalue weighted by atomic mass is 14.9. The number of hydrogen-bond acceptors (Lipinski definition) is 3. The normalized spacial score (nSPS) is 10.5. The molecule has 0 saturated heterocycles. The van der Waals surface area contributed by atoms with Crippen LogP contribution in [0.25, 0.3) is 0 Å². The first kappa shape index (κ1) is 11.7. The topological polar surface area (TPSA) is 37.8 Å². The number of aromatic nitrogens is 2. The third-order valence-corrected chi connectivity index (χ3v) is 2.28. The van der Waals surface area contributed by atoms with Crippen molar-refractivity contribution in [1.82, 2.24) is 15.3 Å². The number of pyridine rings is 2. The summed E-state index contributed by atoms with van der Waals surface area (Å²) in [7, 11) is 0.